The summed E-state index contributed by atoms with van der Waals surface area (Å²) in [6, 6.07) is 3.83. The molecule has 2 aromatic rings. The second-order valence-corrected chi connectivity index (χ2v) is 6.71. The molecule has 0 bridgehead atoms. The van der Waals surface area contributed by atoms with Gasteiger partial charge in [-0.05, 0) is 50.8 Å². The summed E-state index contributed by atoms with van der Waals surface area (Å²) in [5, 5.41) is 2.94. The van der Waals surface area contributed by atoms with Gasteiger partial charge in [0.2, 0.25) is 0 Å². The molecule has 2 aromatic heterocycles. The minimum Gasteiger partial charge on any atom is -0.351 e. The standard InChI is InChI=1S/C16H19N3OS/c1-10-6-7-14(21-10)16(20)17-9-8-15-18-11(2)12-4-3-5-13(12)19-15/h6-7H,3-5,8-9H2,1-2H3,(H,17,20). The number of amides is 1. The van der Waals surface area contributed by atoms with Gasteiger partial charge >= 0.3 is 0 Å². The Hall–Kier alpha value is -1.75. The second kappa shape index (κ2) is 5.93. The van der Waals surface area contributed by atoms with E-state index in [0.29, 0.717) is 13.0 Å². The highest BCUT2D eigenvalue weighted by molar-refractivity contribution is 7.13. The molecule has 0 fully saturated rings. The molecule has 1 aliphatic carbocycles. The summed E-state index contributed by atoms with van der Waals surface area (Å²) in [6.07, 6.45) is 4.04. The summed E-state index contributed by atoms with van der Waals surface area (Å²) in [5.41, 5.74) is 3.64. The molecule has 5 heteroatoms. The number of aryl methyl sites for hydroxylation is 3. The first-order valence-electron chi connectivity index (χ1n) is 7.33. The van der Waals surface area contributed by atoms with E-state index in [1.807, 2.05) is 19.1 Å². The van der Waals surface area contributed by atoms with Crippen LogP contribution in [0, 0.1) is 13.8 Å². The van der Waals surface area contributed by atoms with Crippen LogP contribution in [0.5, 0.6) is 0 Å². The van der Waals surface area contributed by atoms with Crippen LogP contribution in [-0.2, 0) is 19.3 Å². The Labute approximate surface area is 128 Å². The van der Waals surface area contributed by atoms with E-state index in [-0.39, 0.29) is 5.91 Å². The van der Waals surface area contributed by atoms with Gasteiger partial charge in [0.05, 0.1) is 4.88 Å². The number of carbonyl (C=O) groups excluding carboxylic acids is 1. The fraction of sp³-hybridized carbons (Fsp3) is 0.438. The van der Waals surface area contributed by atoms with Crippen molar-refractivity contribution in [1.29, 1.82) is 0 Å². The second-order valence-electron chi connectivity index (χ2n) is 5.42. The van der Waals surface area contributed by atoms with E-state index in [1.54, 1.807) is 0 Å². The van der Waals surface area contributed by atoms with Crippen molar-refractivity contribution >= 4 is 17.2 Å². The molecule has 110 valence electrons. The summed E-state index contributed by atoms with van der Waals surface area (Å²) in [6.45, 7) is 4.64. The maximum absolute atomic E-state index is 12.0. The summed E-state index contributed by atoms with van der Waals surface area (Å²) >= 11 is 1.52. The SMILES string of the molecule is Cc1ccc(C(=O)NCCc2nc(C)c3c(n2)CCC3)s1. The van der Waals surface area contributed by atoms with Crippen LogP contribution in [0.1, 0.15) is 43.7 Å². The smallest absolute Gasteiger partial charge is 0.261 e. The predicted octanol–water partition coefficient (Wildman–Crippen LogP) is 2.62. The van der Waals surface area contributed by atoms with Crippen LogP contribution in [0.4, 0.5) is 0 Å². The molecule has 4 nitrogen and oxygen atoms in total. The number of carbonyl (C=O) groups is 1. The van der Waals surface area contributed by atoms with Gasteiger partial charge in [-0.15, -0.1) is 11.3 Å². The van der Waals surface area contributed by atoms with Crippen molar-refractivity contribution in [2.24, 2.45) is 0 Å². The molecule has 21 heavy (non-hydrogen) atoms. The van der Waals surface area contributed by atoms with Crippen molar-refractivity contribution in [2.75, 3.05) is 6.54 Å². The van der Waals surface area contributed by atoms with Gasteiger partial charge in [0, 0.05) is 29.2 Å². The van der Waals surface area contributed by atoms with Crippen molar-refractivity contribution in [2.45, 2.75) is 39.5 Å². The number of rotatable bonds is 4. The number of nitrogens with zero attached hydrogens (tertiary/aromatic N) is 2. The van der Waals surface area contributed by atoms with Gasteiger partial charge in [-0.25, -0.2) is 9.97 Å². The first kappa shape index (κ1) is 14.2. The maximum Gasteiger partial charge on any atom is 0.261 e. The van der Waals surface area contributed by atoms with Crippen LogP contribution in [0.3, 0.4) is 0 Å². The van der Waals surface area contributed by atoms with E-state index >= 15 is 0 Å². The lowest BCUT2D eigenvalue weighted by Gasteiger charge is -2.07. The Kier molecular flexibility index (Phi) is 4.01. The lowest BCUT2D eigenvalue weighted by Crippen LogP contribution is -2.25. The van der Waals surface area contributed by atoms with Crippen LogP contribution >= 0.6 is 11.3 Å². The largest absolute Gasteiger partial charge is 0.351 e. The highest BCUT2D eigenvalue weighted by Gasteiger charge is 2.17. The Morgan fingerprint density at radius 1 is 1.29 bits per heavy atom. The Morgan fingerprint density at radius 3 is 2.90 bits per heavy atom. The van der Waals surface area contributed by atoms with Gasteiger partial charge in [-0.2, -0.15) is 0 Å². The third kappa shape index (κ3) is 3.13. The van der Waals surface area contributed by atoms with E-state index in [4.69, 9.17) is 0 Å². The number of hydrogen-bond acceptors (Lipinski definition) is 4. The summed E-state index contributed by atoms with van der Waals surface area (Å²) < 4.78 is 0. The number of thiophene rings is 1. The van der Waals surface area contributed by atoms with Gasteiger partial charge in [0.1, 0.15) is 5.82 Å². The molecule has 0 spiro atoms. The van der Waals surface area contributed by atoms with E-state index in [0.717, 1.165) is 34.1 Å². The molecule has 0 atom stereocenters. The molecule has 0 aromatic carbocycles. The van der Waals surface area contributed by atoms with Crippen LogP contribution in [-0.4, -0.2) is 22.4 Å². The zero-order valence-corrected chi connectivity index (χ0v) is 13.2. The average Bonchev–Trinajstić information content (AvgIpc) is 3.07. The number of hydrogen-bond donors (Lipinski definition) is 1. The number of fused-ring (bicyclic) bond motifs is 1. The van der Waals surface area contributed by atoms with Crippen LogP contribution in [0.2, 0.25) is 0 Å². The van der Waals surface area contributed by atoms with Gasteiger partial charge in [-0.3, -0.25) is 4.79 Å². The molecule has 0 unspecified atom stereocenters. The third-order valence-corrected chi connectivity index (χ3v) is 4.78. The fourth-order valence-corrected chi connectivity index (χ4v) is 3.51. The molecular formula is C16H19N3OS. The zero-order valence-electron chi connectivity index (χ0n) is 12.4. The monoisotopic (exact) mass is 301 g/mol. The summed E-state index contributed by atoms with van der Waals surface area (Å²) in [5.74, 6) is 0.835. The molecule has 0 saturated carbocycles. The molecule has 0 saturated heterocycles. The first-order valence-corrected chi connectivity index (χ1v) is 8.15. The molecular weight excluding hydrogens is 282 g/mol. The lowest BCUT2D eigenvalue weighted by molar-refractivity contribution is 0.0958. The molecule has 1 N–H and O–H groups in total. The van der Waals surface area contributed by atoms with Crippen molar-refractivity contribution in [3.8, 4) is 0 Å². The minimum atomic E-state index is -0.00835. The fourth-order valence-electron chi connectivity index (χ4n) is 2.73. The van der Waals surface area contributed by atoms with Gasteiger partial charge < -0.3 is 5.32 Å². The highest BCUT2D eigenvalue weighted by Crippen LogP contribution is 2.22. The minimum absolute atomic E-state index is 0.00835. The van der Waals surface area contributed by atoms with Crippen molar-refractivity contribution in [3.63, 3.8) is 0 Å². The van der Waals surface area contributed by atoms with E-state index in [9.17, 15) is 4.79 Å². The Bertz CT molecular complexity index is 678. The molecule has 0 aliphatic heterocycles. The van der Waals surface area contributed by atoms with Crippen molar-refractivity contribution in [3.05, 3.63) is 44.7 Å². The third-order valence-electron chi connectivity index (χ3n) is 3.78. The topological polar surface area (TPSA) is 54.9 Å². The average molecular weight is 301 g/mol. The maximum atomic E-state index is 12.0. The highest BCUT2D eigenvalue weighted by atomic mass is 32.1. The molecule has 0 radical (unpaired) electrons. The van der Waals surface area contributed by atoms with E-state index < -0.39 is 0 Å². The quantitative estimate of drug-likeness (QED) is 0.944. The van der Waals surface area contributed by atoms with Gasteiger partial charge in [0.15, 0.2) is 0 Å². The van der Waals surface area contributed by atoms with Crippen molar-refractivity contribution in [1.82, 2.24) is 15.3 Å². The summed E-state index contributed by atoms with van der Waals surface area (Å²) in [4.78, 5) is 23.1. The molecule has 1 amide bonds. The number of aromatic nitrogens is 2. The molecule has 2 heterocycles. The summed E-state index contributed by atoms with van der Waals surface area (Å²) in [7, 11) is 0. The van der Waals surface area contributed by atoms with Crippen LogP contribution in [0.15, 0.2) is 12.1 Å². The van der Waals surface area contributed by atoms with Crippen LogP contribution in [0.25, 0.3) is 0 Å². The lowest BCUT2D eigenvalue weighted by atomic mass is 10.2. The van der Waals surface area contributed by atoms with Gasteiger partial charge in [-0.1, -0.05) is 0 Å². The Balaban J connectivity index is 1.58. The zero-order chi connectivity index (χ0) is 14.8. The Morgan fingerprint density at radius 2 is 2.14 bits per heavy atom. The predicted molar refractivity (Wildman–Crippen MR) is 83.9 cm³/mol. The normalized spacial score (nSPS) is 13.2. The van der Waals surface area contributed by atoms with Gasteiger partial charge in [0.25, 0.3) is 5.91 Å². The van der Waals surface area contributed by atoms with E-state index in [2.05, 4.69) is 22.2 Å². The van der Waals surface area contributed by atoms with Crippen molar-refractivity contribution < 1.29 is 4.79 Å². The molecule has 1 aliphatic rings. The number of nitrogens with one attached hydrogen (secondary N) is 1. The molecule has 3 rings (SSSR count). The van der Waals surface area contributed by atoms with Crippen LogP contribution < -0.4 is 5.32 Å². The van der Waals surface area contributed by atoms with E-state index in [1.165, 1.54) is 29.0 Å². The first-order chi connectivity index (χ1) is 10.1.